The van der Waals surface area contributed by atoms with Gasteiger partial charge in [-0.05, 0) is 36.4 Å². The highest BCUT2D eigenvalue weighted by atomic mass is 35.5. The molecule has 0 spiro atoms. The number of carbonyl (C=O) groups is 2. The van der Waals surface area contributed by atoms with Gasteiger partial charge in [0.05, 0.1) is 23.3 Å². The standard InChI is InChI=1S/C20H24ClN3O5S3/c21-17-4-3-14(31-17)6-13-32(27,28)22-15-5-7-24(19(15)25)18(16-2-1-12-30-16)20(26)23-8-10-29-11-9-23/h1-4,12,15,18,22H,5-11,13H2/t15-,18-/m0/s1. The molecule has 0 unspecified atom stereocenters. The number of halogens is 1. The van der Waals surface area contributed by atoms with Crippen LogP contribution in [0.15, 0.2) is 29.6 Å². The largest absolute Gasteiger partial charge is 0.378 e. The van der Waals surface area contributed by atoms with Crippen LogP contribution >= 0.6 is 34.3 Å². The van der Waals surface area contributed by atoms with E-state index in [0.717, 1.165) is 9.75 Å². The molecule has 2 aliphatic heterocycles. The second kappa shape index (κ2) is 10.2. The number of rotatable bonds is 8. The van der Waals surface area contributed by atoms with E-state index in [9.17, 15) is 18.0 Å². The lowest BCUT2D eigenvalue weighted by molar-refractivity contribution is -0.147. The van der Waals surface area contributed by atoms with E-state index < -0.39 is 22.1 Å². The van der Waals surface area contributed by atoms with E-state index in [1.807, 2.05) is 17.5 Å². The van der Waals surface area contributed by atoms with E-state index in [0.29, 0.717) is 50.0 Å². The first-order valence-electron chi connectivity index (χ1n) is 10.3. The summed E-state index contributed by atoms with van der Waals surface area (Å²) in [6.07, 6.45) is 0.645. The fraction of sp³-hybridized carbons (Fsp3) is 0.500. The first-order valence-corrected chi connectivity index (χ1v) is 14.0. The number of ether oxygens (including phenoxy) is 1. The second-order valence-electron chi connectivity index (χ2n) is 7.62. The summed E-state index contributed by atoms with van der Waals surface area (Å²) in [6.45, 7) is 2.20. The Labute approximate surface area is 200 Å². The molecule has 0 bridgehead atoms. The lowest BCUT2D eigenvalue weighted by Gasteiger charge is -2.34. The molecule has 2 aromatic rings. The molecule has 2 aliphatic rings. The normalized spacial score (nSPS) is 20.7. The van der Waals surface area contributed by atoms with Crippen molar-refractivity contribution in [2.75, 3.05) is 38.6 Å². The van der Waals surface area contributed by atoms with Gasteiger partial charge < -0.3 is 14.5 Å². The highest BCUT2D eigenvalue weighted by Gasteiger charge is 2.43. The maximum absolute atomic E-state index is 13.3. The van der Waals surface area contributed by atoms with Crippen molar-refractivity contribution >= 4 is 56.1 Å². The average molecular weight is 518 g/mol. The quantitative estimate of drug-likeness (QED) is 0.578. The Morgan fingerprint density at radius 3 is 2.69 bits per heavy atom. The molecule has 2 saturated heterocycles. The van der Waals surface area contributed by atoms with Crippen LogP contribution in [-0.4, -0.2) is 74.7 Å². The van der Waals surface area contributed by atoms with Gasteiger partial charge in [0.15, 0.2) is 0 Å². The summed E-state index contributed by atoms with van der Waals surface area (Å²) >= 11 is 8.66. The van der Waals surface area contributed by atoms with Gasteiger partial charge in [-0.1, -0.05) is 17.7 Å². The van der Waals surface area contributed by atoms with Crippen LogP contribution in [0.25, 0.3) is 0 Å². The number of aryl methyl sites for hydroxylation is 1. The van der Waals surface area contributed by atoms with E-state index in [2.05, 4.69) is 4.72 Å². The molecule has 0 radical (unpaired) electrons. The average Bonchev–Trinajstić information content (AvgIpc) is 3.52. The Bertz CT molecular complexity index is 1050. The lowest BCUT2D eigenvalue weighted by Crippen LogP contribution is -2.49. The minimum absolute atomic E-state index is 0.130. The highest BCUT2D eigenvalue weighted by Crippen LogP contribution is 2.31. The van der Waals surface area contributed by atoms with Gasteiger partial charge in [-0.15, -0.1) is 22.7 Å². The molecule has 2 fully saturated rings. The van der Waals surface area contributed by atoms with Crippen LogP contribution in [0, 0.1) is 0 Å². The van der Waals surface area contributed by atoms with Gasteiger partial charge >= 0.3 is 0 Å². The van der Waals surface area contributed by atoms with Gasteiger partial charge in [0.25, 0.3) is 5.91 Å². The highest BCUT2D eigenvalue weighted by molar-refractivity contribution is 7.89. The Balaban J connectivity index is 1.44. The van der Waals surface area contributed by atoms with E-state index in [1.165, 1.54) is 27.6 Å². The number of nitrogens with one attached hydrogen (secondary N) is 1. The molecule has 8 nitrogen and oxygen atoms in total. The third-order valence-corrected chi connectivity index (χ3v) is 9.09. The third kappa shape index (κ3) is 5.52. The van der Waals surface area contributed by atoms with Crippen LogP contribution in [0.2, 0.25) is 4.34 Å². The van der Waals surface area contributed by atoms with Crippen molar-refractivity contribution in [3.63, 3.8) is 0 Å². The van der Waals surface area contributed by atoms with Gasteiger partial charge in [0, 0.05) is 29.4 Å². The number of sulfonamides is 1. The number of hydrogen-bond donors (Lipinski definition) is 1. The zero-order valence-electron chi connectivity index (χ0n) is 17.2. The predicted octanol–water partition coefficient (Wildman–Crippen LogP) is 2.13. The zero-order chi connectivity index (χ0) is 22.7. The molecule has 4 heterocycles. The molecule has 32 heavy (non-hydrogen) atoms. The van der Waals surface area contributed by atoms with Gasteiger partial charge in [-0.25, -0.2) is 13.1 Å². The van der Waals surface area contributed by atoms with Crippen molar-refractivity contribution in [3.05, 3.63) is 43.7 Å². The summed E-state index contributed by atoms with van der Waals surface area (Å²) in [6, 6.07) is 5.60. The lowest BCUT2D eigenvalue weighted by atomic mass is 10.1. The van der Waals surface area contributed by atoms with Gasteiger partial charge in [-0.3, -0.25) is 9.59 Å². The van der Waals surface area contributed by atoms with Crippen LogP contribution in [0.3, 0.4) is 0 Å². The number of amides is 2. The number of nitrogens with zero attached hydrogens (tertiary/aromatic N) is 2. The van der Waals surface area contributed by atoms with Crippen molar-refractivity contribution in [2.24, 2.45) is 0 Å². The minimum atomic E-state index is -3.67. The molecule has 2 atom stereocenters. The van der Waals surface area contributed by atoms with Crippen LogP contribution < -0.4 is 4.72 Å². The third-order valence-electron chi connectivity index (χ3n) is 5.49. The Morgan fingerprint density at radius 2 is 2.03 bits per heavy atom. The molecule has 0 aliphatic carbocycles. The fourth-order valence-electron chi connectivity index (χ4n) is 3.88. The molecule has 0 aromatic carbocycles. The molecule has 4 rings (SSSR count). The smallest absolute Gasteiger partial charge is 0.251 e. The molecule has 12 heteroatoms. The van der Waals surface area contributed by atoms with Crippen molar-refractivity contribution in [2.45, 2.75) is 24.9 Å². The number of thiophene rings is 2. The van der Waals surface area contributed by atoms with Crippen molar-refractivity contribution in [1.29, 1.82) is 0 Å². The fourth-order valence-corrected chi connectivity index (χ4v) is 7.18. The summed E-state index contributed by atoms with van der Waals surface area (Å²) in [5, 5.41) is 1.87. The topological polar surface area (TPSA) is 96.0 Å². The van der Waals surface area contributed by atoms with Crippen LogP contribution in [0.4, 0.5) is 0 Å². The summed E-state index contributed by atoms with van der Waals surface area (Å²) in [5.74, 6) is -0.649. The summed E-state index contributed by atoms with van der Waals surface area (Å²) in [7, 11) is -3.67. The molecule has 1 N–H and O–H groups in total. The van der Waals surface area contributed by atoms with Crippen molar-refractivity contribution in [1.82, 2.24) is 14.5 Å². The monoisotopic (exact) mass is 517 g/mol. The second-order valence-corrected chi connectivity index (χ2v) is 12.3. The number of carbonyl (C=O) groups excluding carboxylic acids is 2. The predicted molar refractivity (Wildman–Crippen MR) is 125 cm³/mol. The number of likely N-dealkylation sites (tertiary alicyclic amines) is 1. The summed E-state index contributed by atoms with van der Waals surface area (Å²) < 4.78 is 33.7. The van der Waals surface area contributed by atoms with Crippen molar-refractivity contribution in [3.8, 4) is 0 Å². The Morgan fingerprint density at radius 1 is 1.25 bits per heavy atom. The van der Waals surface area contributed by atoms with Crippen LogP contribution in [0.5, 0.6) is 0 Å². The molecule has 0 saturated carbocycles. The van der Waals surface area contributed by atoms with E-state index in [1.54, 1.807) is 17.0 Å². The molecule has 174 valence electrons. The maximum Gasteiger partial charge on any atom is 0.251 e. The minimum Gasteiger partial charge on any atom is -0.378 e. The van der Waals surface area contributed by atoms with Crippen LogP contribution in [-0.2, 0) is 30.8 Å². The molecular weight excluding hydrogens is 494 g/mol. The first kappa shape index (κ1) is 23.7. The molecule has 2 aromatic heterocycles. The SMILES string of the molecule is O=C([C@H](c1cccs1)N1CC[C@H](NS(=O)(=O)CCc2ccc(Cl)s2)C1=O)N1CCOCC1. The van der Waals surface area contributed by atoms with Gasteiger partial charge in [0.1, 0.15) is 12.1 Å². The Hall–Kier alpha value is -1.50. The number of hydrogen-bond acceptors (Lipinski definition) is 7. The summed E-state index contributed by atoms with van der Waals surface area (Å²) in [4.78, 5) is 31.4. The van der Waals surface area contributed by atoms with Crippen molar-refractivity contribution < 1.29 is 22.7 Å². The maximum atomic E-state index is 13.3. The van der Waals surface area contributed by atoms with E-state index in [-0.39, 0.29) is 17.6 Å². The summed E-state index contributed by atoms with van der Waals surface area (Å²) in [5.41, 5.74) is 0. The zero-order valence-corrected chi connectivity index (χ0v) is 20.4. The van der Waals surface area contributed by atoms with Gasteiger partial charge in [0.2, 0.25) is 15.9 Å². The van der Waals surface area contributed by atoms with Gasteiger partial charge in [-0.2, -0.15) is 0 Å². The van der Waals surface area contributed by atoms with Crippen LogP contribution in [0.1, 0.15) is 22.2 Å². The first-order chi connectivity index (χ1) is 15.3. The van der Waals surface area contributed by atoms with E-state index in [4.69, 9.17) is 16.3 Å². The number of morpholine rings is 1. The van der Waals surface area contributed by atoms with E-state index >= 15 is 0 Å². The Kier molecular flexibility index (Phi) is 7.53. The molecule has 2 amide bonds. The molecular formula is C20H24ClN3O5S3.